The number of hydrogen-bond donors (Lipinski definition) is 4. The molecule has 0 aliphatic heterocycles. The lowest BCUT2D eigenvalue weighted by atomic mass is 10.1. The number of likely N-dealkylation sites (N-methyl/N-ethyl adjacent to an activating group) is 1. The Labute approximate surface area is 139 Å². The van der Waals surface area contributed by atoms with Crippen molar-refractivity contribution in [3.63, 3.8) is 0 Å². The highest BCUT2D eigenvalue weighted by molar-refractivity contribution is 5.89. The van der Waals surface area contributed by atoms with E-state index in [-0.39, 0.29) is 24.7 Å². The number of aryl methyl sites for hydroxylation is 1. The second-order valence-corrected chi connectivity index (χ2v) is 5.49. The van der Waals surface area contributed by atoms with Gasteiger partial charge in [0.1, 0.15) is 5.82 Å². The number of nitrogens with two attached hydrogens (primary N) is 1. The van der Waals surface area contributed by atoms with Gasteiger partial charge < -0.3 is 26.0 Å². The average Bonchev–Trinajstić information content (AvgIpc) is 2.54. The van der Waals surface area contributed by atoms with Gasteiger partial charge in [-0.05, 0) is 19.1 Å². The Kier molecular flexibility index (Phi) is 5.67. The van der Waals surface area contributed by atoms with E-state index in [1.165, 1.54) is 11.0 Å². The Hall–Kier alpha value is -2.71. The van der Waals surface area contributed by atoms with Crippen molar-refractivity contribution in [1.82, 2.24) is 14.9 Å². The van der Waals surface area contributed by atoms with E-state index in [9.17, 15) is 14.7 Å². The zero-order valence-corrected chi connectivity index (χ0v) is 13.6. The monoisotopic (exact) mass is 331 g/mol. The number of anilines is 1. The number of aliphatic hydroxyl groups excluding tert-OH is 1. The summed E-state index contributed by atoms with van der Waals surface area (Å²) in [6.07, 6.45) is -0.756. The Bertz CT molecular complexity index is 757. The van der Waals surface area contributed by atoms with Crippen LogP contribution in [0.15, 0.2) is 35.1 Å². The predicted octanol–water partition coefficient (Wildman–Crippen LogP) is 0.529. The second kappa shape index (κ2) is 7.71. The van der Waals surface area contributed by atoms with Crippen molar-refractivity contribution in [2.45, 2.75) is 13.0 Å². The standard InChI is InChI=1S/C16H21N5O3/c1-10-18-14(7-15(23)19-10)11-3-5-12(6-4-11)20-16(24)21(2)9-13(22)8-17/h3-7,13,22H,8-9,17H2,1-2H3,(H,20,24)(H,18,19,23). The van der Waals surface area contributed by atoms with Crippen LogP contribution < -0.4 is 16.6 Å². The minimum Gasteiger partial charge on any atom is -0.390 e. The van der Waals surface area contributed by atoms with Crippen LogP contribution in [0.25, 0.3) is 11.3 Å². The highest BCUT2D eigenvalue weighted by atomic mass is 16.3. The molecule has 2 aromatic rings. The maximum atomic E-state index is 12.0. The SMILES string of the molecule is Cc1nc(-c2ccc(NC(=O)N(C)CC(O)CN)cc2)cc(=O)[nH]1. The summed E-state index contributed by atoms with van der Waals surface area (Å²) in [4.78, 5) is 31.7. The number of aromatic nitrogens is 2. The first kappa shape index (κ1) is 17.6. The molecule has 0 saturated carbocycles. The number of carbonyl (C=O) groups excluding carboxylic acids is 1. The number of aliphatic hydroxyl groups is 1. The first-order valence-corrected chi connectivity index (χ1v) is 7.47. The number of benzene rings is 1. The minimum absolute atomic E-state index is 0.0922. The van der Waals surface area contributed by atoms with Gasteiger partial charge in [-0.15, -0.1) is 0 Å². The summed E-state index contributed by atoms with van der Waals surface area (Å²) >= 11 is 0. The summed E-state index contributed by atoms with van der Waals surface area (Å²) in [6, 6.07) is 8.05. The summed E-state index contributed by atoms with van der Waals surface area (Å²) in [5, 5.41) is 12.2. The van der Waals surface area contributed by atoms with Gasteiger partial charge in [0.15, 0.2) is 0 Å². The third kappa shape index (κ3) is 4.64. The number of urea groups is 1. The number of rotatable bonds is 5. The molecule has 0 radical (unpaired) electrons. The highest BCUT2D eigenvalue weighted by Crippen LogP contribution is 2.18. The summed E-state index contributed by atoms with van der Waals surface area (Å²) in [5.41, 5.74) is 7.05. The van der Waals surface area contributed by atoms with Crippen molar-refractivity contribution in [3.05, 3.63) is 46.5 Å². The molecule has 0 aliphatic carbocycles. The molecule has 5 N–H and O–H groups in total. The number of H-pyrrole nitrogens is 1. The molecule has 24 heavy (non-hydrogen) atoms. The van der Waals surface area contributed by atoms with Gasteiger partial charge in [0.2, 0.25) is 0 Å². The van der Waals surface area contributed by atoms with Crippen LogP contribution in [0.5, 0.6) is 0 Å². The molecule has 1 aromatic heterocycles. The average molecular weight is 331 g/mol. The number of aromatic amines is 1. The van der Waals surface area contributed by atoms with Crippen LogP contribution in [-0.4, -0.2) is 52.2 Å². The zero-order chi connectivity index (χ0) is 17.7. The lowest BCUT2D eigenvalue weighted by Gasteiger charge is -2.20. The highest BCUT2D eigenvalue weighted by Gasteiger charge is 2.12. The molecule has 0 aliphatic rings. The van der Waals surface area contributed by atoms with E-state index in [1.807, 2.05) is 0 Å². The molecule has 8 nitrogen and oxygen atoms in total. The molecule has 0 saturated heterocycles. The van der Waals surface area contributed by atoms with Gasteiger partial charge in [0.25, 0.3) is 5.56 Å². The van der Waals surface area contributed by atoms with E-state index < -0.39 is 6.10 Å². The number of carbonyl (C=O) groups is 1. The van der Waals surface area contributed by atoms with E-state index >= 15 is 0 Å². The molecule has 0 fully saturated rings. The van der Waals surface area contributed by atoms with Crippen molar-refractivity contribution in [3.8, 4) is 11.3 Å². The fraction of sp³-hybridized carbons (Fsp3) is 0.312. The van der Waals surface area contributed by atoms with E-state index in [4.69, 9.17) is 5.73 Å². The third-order valence-electron chi connectivity index (χ3n) is 3.40. The molecule has 1 unspecified atom stereocenters. The quantitative estimate of drug-likeness (QED) is 0.636. The van der Waals surface area contributed by atoms with Gasteiger partial charge in [0, 0.05) is 37.5 Å². The van der Waals surface area contributed by atoms with E-state index in [2.05, 4.69) is 15.3 Å². The van der Waals surface area contributed by atoms with Crippen molar-refractivity contribution >= 4 is 11.7 Å². The normalized spacial score (nSPS) is 11.8. The molecular weight excluding hydrogens is 310 g/mol. The first-order chi connectivity index (χ1) is 11.4. The molecule has 2 amide bonds. The summed E-state index contributed by atoms with van der Waals surface area (Å²) < 4.78 is 0. The largest absolute Gasteiger partial charge is 0.390 e. The molecule has 0 spiro atoms. The van der Waals surface area contributed by atoms with Gasteiger partial charge in [0.05, 0.1) is 11.8 Å². The molecule has 1 aromatic carbocycles. The molecular formula is C16H21N5O3. The Morgan fingerprint density at radius 2 is 2.08 bits per heavy atom. The van der Waals surface area contributed by atoms with E-state index in [1.54, 1.807) is 38.2 Å². The molecule has 1 atom stereocenters. The van der Waals surface area contributed by atoms with E-state index in [0.717, 1.165) is 5.56 Å². The van der Waals surface area contributed by atoms with Crippen LogP contribution in [0.1, 0.15) is 5.82 Å². The first-order valence-electron chi connectivity index (χ1n) is 7.47. The predicted molar refractivity (Wildman–Crippen MR) is 91.7 cm³/mol. The van der Waals surface area contributed by atoms with Crippen molar-refractivity contribution in [1.29, 1.82) is 0 Å². The number of nitrogens with zero attached hydrogens (tertiary/aromatic N) is 2. The van der Waals surface area contributed by atoms with Crippen LogP contribution >= 0.6 is 0 Å². The Morgan fingerprint density at radius 3 is 2.67 bits per heavy atom. The van der Waals surface area contributed by atoms with Crippen molar-refractivity contribution < 1.29 is 9.90 Å². The molecule has 128 valence electrons. The maximum Gasteiger partial charge on any atom is 0.321 e. The van der Waals surface area contributed by atoms with Crippen LogP contribution in [-0.2, 0) is 0 Å². The van der Waals surface area contributed by atoms with Gasteiger partial charge in [-0.25, -0.2) is 9.78 Å². The molecule has 2 rings (SSSR count). The fourth-order valence-electron chi connectivity index (χ4n) is 2.14. The number of nitrogens with one attached hydrogen (secondary N) is 2. The molecule has 8 heteroatoms. The van der Waals surface area contributed by atoms with Crippen molar-refractivity contribution in [2.75, 3.05) is 25.5 Å². The van der Waals surface area contributed by atoms with Crippen LogP contribution in [0, 0.1) is 6.92 Å². The molecule has 0 bridgehead atoms. The van der Waals surface area contributed by atoms with Crippen LogP contribution in [0.4, 0.5) is 10.5 Å². The van der Waals surface area contributed by atoms with Gasteiger partial charge in [-0.1, -0.05) is 12.1 Å². The smallest absolute Gasteiger partial charge is 0.321 e. The summed E-state index contributed by atoms with van der Waals surface area (Å²) in [5.74, 6) is 0.537. The van der Waals surface area contributed by atoms with Gasteiger partial charge in [-0.3, -0.25) is 4.79 Å². The number of hydrogen-bond acceptors (Lipinski definition) is 5. The lowest BCUT2D eigenvalue weighted by molar-refractivity contribution is 0.141. The van der Waals surface area contributed by atoms with Crippen LogP contribution in [0.2, 0.25) is 0 Å². The zero-order valence-electron chi connectivity index (χ0n) is 13.6. The fourth-order valence-corrected chi connectivity index (χ4v) is 2.14. The third-order valence-corrected chi connectivity index (χ3v) is 3.40. The summed E-state index contributed by atoms with van der Waals surface area (Å²) in [7, 11) is 1.57. The van der Waals surface area contributed by atoms with Gasteiger partial charge >= 0.3 is 6.03 Å². The Morgan fingerprint density at radius 1 is 1.42 bits per heavy atom. The second-order valence-electron chi connectivity index (χ2n) is 5.49. The Balaban J connectivity index is 2.06. The lowest BCUT2D eigenvalue weighted by Crippen LogP contribution is -2.39. The topological polar surface area (TPSA) is 124 Å². The van der Waals surface area contributed by atoms with Crippen LogP contribution in [0.3, 0.4) is 0 Å². The van der Waals surface area contributed by atoms with Crippen molar-refractivity contribution in [2.24, 2.45) is 5.73 Å². The van der Waals surface area contributed by atoms with E-state index in [0.29, 0.717) is 17.2 Å². The summed E-state index contributed by atoms with van der Waals surface area (Å²) in [6.45, 7) is 1.95. The number of amides is 2. The molecule has 1 heterocycles. The van der Waals surface area contributed by atoms with Gasteiger partial charge in [-0.2, -0.15) is 0 Å². The minimum atomic E-state index is -0.756. The maximum absolute atomic E-state index is 12.0.